The van der Waals surface area contributed by atoms with Gasteiger partial charge in [0.15, 0.2) is 0 Å². The number of aliphatic hydroxyl groups is 1. The Hall–Kier alpha value is -2.34. The van der Waals surface area contributed by atoms with Gasteiger partial charge >= 0.3 is 0 Å². The summed E-state index contributed by atoms with van der Waals surface area (Å²) < 4.78 is 6.78. The number of rotatable bonds is 4. The molecule has 24 heavy (non-hydrogen) atoms. The predicted octanol–water partition coefficient (Wildman–Crippen LogP) is 1.94. The fraction of sp³-hybridized carbons (Fsp3) is 0.444. The first-order valence-corrected chi connectivity index (χ1v) is 8.10. The lowest BCUT2D eigenvalue weighted by atomic mass is 9.86. The number of carbonyl (C=O) groups is 1. The van der Waals surface area contributed by atoms with Gasteiger partial charge in [0, 0.05) is 19.8 Å². The molecule has 2 aromatic rings. The van der Waals surface area contributed by atoms with Crippen molar-refractivity contribution in [2.45, 2.75) is 31.4 Å². The molecule has 1 fully saturated rings. The molecule has 3 rings (SSSR count). The molecule has 0 radical (unpaired) electrons. The predicted molar refractivity (Wildman–Crippen MR) is 89.8 cm³/mol. The Labute approximate surface area is 141 Å². The van der Waals surface area contributed by atoms with Gasteiger partial charge in [-0.05, 0) is 37.5 Å². The Morgan fingerprint density at radius 2 is 2.08 bits per heavy atom. The number of hydrogen-bond donors (Lipinski definition) is 1. The normalized spacial score (nSPS) is 20.0. The minimum absolute atomic E-state index is 0.0839. The number of nitrogens with zero attached hydrogens (tertiary/aromatic N) is 3. The molecule has 6 heteroatoms. The summed E-state index contributed by atoms with van der Waals surface area (Å²) in [6.07, 6.45) is 4.92. The molecule has 1 aliphatic rings. The number of amides is 1. The van der Waals surface area contributed by atoms with Crippen molar-refractivity contribution in [3.63, 3.8) is 0 Å². The maximum Gasteiger partial charge on any atom is 0.257 e. The van der Waals surface area contributed by atoms with E-state index in [-0.39, 0.29) is 11.9 Å². The molecule has 0 aliphatic carbocycles. The fourth-order valence-corrected chi connectivity index (χ4v) is 3.41. The molecule has 1 aromatic carbocycles. The number of aryl methyl sites for hydroxylation is 1. The van der Waals surface area contributed by atoms with Crippen LogP contribution in [0.3, 0.4) is 0 Å². The molecule has 1 saturated heterocycles. The average molecular weight is 329 g/mol. The topological polar surface area (TPSA) is 67.6 Å². The van der Waals surface area contributed by atoms with Crippen LogP contribution in [0.1, 0.15) is 35.7 Å². The highest BCUT2D eigenvalue weighted by Gasteiger charge is 2.43. The van der Waals surface area contributed by atoms with Gasteiger partial charge in [0.2, 0.25) is 0 Å². The summed E-state index contributed by atoms with van der Waals surface area (Å²) in [6.45, 7) is 2.42. The molecule has 0 bridgehead atoms. The first kappa shape index (κ1) is 16.5. The van der Waals surface area contributed by atoms with Gasteiger partial charge in [-0.15, -0.1) is 0 Å². The van der Waals surface area contributed by atoms with Gasteiger partial charge in [0.25, 0.3) is 5.91 Å². The number of methoxy groups -OCH3 is 1. The van der Waals surface area contributed by atoms with Crippen molar-refractivity contribution in [3.05, 3.63) is 47.8 Å². The van der Waals surface area contributed by atoms with Crippen LogP contribution < -0.4 is 4.74 Å². The Morgan fingerprint density at radius 3 is 2.67 bits per heavy atom. The molecule has 0 saturated carbocycles. The van der Waals surface area contributed by atoms with Gasteiger partial charge in [0.05, 0.1) is 24.9 Å². The zero-order valence-electron chi connectivity index (χ0n) is 14.3. The summed E-state index contributed by atoms with van der Waals surface area (Å²) in [5.74, 6) is 0.656. The molecule has 1 N–H and O–H groups in total. The van der Waals surface area contributed by atoms with E-state index in [2.05, 4.69) is 5.10 Å². The fourth-order valence-electron chi connectivity index (χ4n) is 3.41. The lowest BCUT2D eigenvalue weighted by Crippen LogP contribution is -2.48. The lowest BCUT2D eigenvalue weighted by Gasteiger charge is -2.37. The smallest absolute Gasteiger partial charge is 0.257 e. The van der Waals surface area contributed by atoms with Crippen molar-refractivity contribution in [2.24, 2.45) is 7.05 Å². The molecule has 0 spiro atoms. The molecular weight excluding hydrogens is 306 g/mol. The minimum atomic E-state index is -1.12. The quantitative estimate of drug-likeness (QED) is 0.931. The van der Waals surface area contributed by atoms with E-state index in [1.807, 2.05) is 24.3 Å². The molecule has 6 nitrogen and oxygen atoms in total. The Kier molecular flexibility index (Phi) is 4.32. The highest BCUT2D eigenvalue weighted by atomic mass is 16.5. The SMILES string of the molecule is COc1ccc([C@@](C)(O)[C@@H]2CCCN2C(=O)c2cnn(C)c2)cc1. The molecular formula is C18H23N3O3. The summed E-state index contributed by atoms with van der Waals surface area (Å²) in [5.41, 5.74) is 0.204. The van der Waals surface area contributed by atoms with Gasteiger partial charge in [-0.2, -0.15) is 5.10 Å². The lowest BCUT2D eigenvalue weighted by molar-refractivity contribution is -0.0177. The van der Waals surface area contributed by atoms with E-state index in [9.17, 15) is 9.90 Å². The Balaban J connectivity index is 1.86. The summed E-state index contributed by atoms with van der Waals surface area (Å²) >= 11 is 0. The second-order valence-corrected chi connectivity index (χ2v) is 6.44. The number of benzene rings is 1. The highest BCUT2D eigenvalue weighted by Crippen LogP contribution is 2.36. The van der Waals surface area contributed by atoms with Crippen LogP contribution in [0, 0.1) is 0 Å². The molecule has 1 aliphatic heterocycles. The van der Waals surface area contributed by atoms with E-state index >= 15 is 0 Å². The van der Waals surface area contributed by atoms with Crippen LogP contribution >= 0.6 is 0 Å². The Morgan fingerprint density at radius 1 is 1.38 bits per heavy atom. The number of hydrogen-bond acceptors (Lipinski definition) is 4. The van der Waals surface area contributed by atoms with Gasteiger partial charge in [0.1, 0.15) is 11.4 Å². The molecule has 0 unspecified atom stereocenters. The molecule has 1 amide bonds. The van der Waals surface area contributed by atoms with Crippen LogP contribution in [0.5, 0.6) is 5.75 Å². The van der Waals surface area contributed by atoms with Gasteiger partial charge in [-0.25, -0.2) is 0 Å². The van der Waals surface area contributed by atoms with E-state index in [4.69, 9.17) is 4.74 Å². The number of aromatic nitrogens is 2. The van der Waals surface area contributed by atoms with Crippen molar-refractivity contribution in [1.29, 1.82) is 0 Å². The van der Waals surface area contributed by atoms with E-state index in [0.717, 1.165) is 24.2 Å². The summed E-state index contributed by atoms with van der Waals surface area (Å²) in [7, 11) is 3.39. The molecule has 2 heterocycles. The number of carbonyl (C=O) groups excluding carboxylic acids is 1. The van der Waals surface area contributed by atoms with Gasteiger partial charge in [-0.1, -0.05) is 12.1 Å². The van der Waals surface area contributed by atoms with Crippen LogP contribution in [0.4, 0.5) is 0 Å². The highest BCUT2D eigenvalue weighted by molar-refractivity contribution is 5.94. The first-order chi connectivity index (χ1) is 11.4. The monoisotopic (exact) mass is 329 g/mol. The van der Waals surface area contributed by atoms with Crippen LogP contribution in [-0.4, -0.2) is 45.4 Å². The van der Waals surface area contributed by atoms with Crippen molar-refractivity contribution in [1.82, 2.24) is 14.7 Å². The minimum Gasteiger partial charge on any atom is -0.497 e. The molecule has 2 atom stereocenters. The average Bonchev–Trinajstić information content (AvgIpc) is 3.23. The third kappa shape index (κ3) is 2.89. The maximum absolute atomic E-state index is 12.8. The number of ether oxygens (including phenoxy) is 1. The van der Waals surface area contributed by atoms with Gasteiger partial charge < -0.3 is 14.7 Å². The van der Waals surface area contributed by atoms with Gasteiger partial charge in [-0.3, -0.25) is 9.48 Å². The van der Waals surface area contributed by atoms with E-state index in [1.54, 1.807) is 43.1 Å². The van der Waals surface area contributed by atoms with Crippen molar-refractivity contribution in [3.8, 4) is 5.75 Å². The van der Waals surface area contributed by atoms with E-state index in [1.165, 1.54) is 0 Å². The summed E-state index contributed by atoms with van der Waals surface area (Å²) in [5, 5.41) is 15.2. The first-order valence-electron chi connectivity index (χ1n) is 8.10. The van der Waals surface area contributed by atoms with Crippen LogP contribution in [-0.2, 0) is 12.6 Å². The zero-order chi connectivity index (χ0) is 17.3. The summed E-state index contributed by atoms with van der Waals surface area (Å²) in [4.78, 5) is 14.6. The van der Waals surface area contributed by atoms with Crippen molar-refractivity contribution < 1.29 is 14.6 Å². The second kappa shape index (κ2) is 6.28. The van der Waals surface area contributed by atoms with E-state index < -0.39 is 5.60 Å². The van der Waals surface area contributed by atoms with Crippen LogP contribution in [0.25, 0.3) is 0 Å². The third-order valence-corrected chi connectivity index (χ3v) is 4.79. The molecule has 128 valence electrons. The molecule has 1 aromatic heterocycles. The van der Waals surface area contributed by atoms with Crippen molar-refractivity contribution >= 4 is 5.91 Å². The standard InChI is InChI=1S/C18H23N3O3/c1-18(23,14-6-8-15(24-3)9-7-14)16-5-4-10-21(16)17(22)13-11-19-20(2)12-13/h6-9,11-12,16,23H,4-5,10H2,1-3H3/t16-,18+/m0/s1. The summed E-state index contributed by atoms with van der Waals surface area (Å²) in [6, 6.07) is 7.09. The number of likely N-dealkylation sites (tertiary alicyclic amines) is 1. The van der Waals surface area contributed by atoms with Crippen LogP contribution in [0.2, 0.25) is 0 Å². The van der Waals surface area contributed by atoms with Crippen LogP contribution in [0.15, 0.2) is 36.7 Å². The zero-order valence-corrected chi connectivity index (χ0v) is 14.3. The van der Waals surface area contributed by atoms with Crippen molar-refractivity contribution in [2.75, 3.05) is 13.7 Å². The maximum atomic E-state index is 12.8. The van der Waals surface area contributed by atoms with E-state index in [0.29, 0.717) is 12.1 Å². The largest absolute Gasteiger partial charge is 0.497 e. The second-order valence-electron chi connectivity index (χ2n) is 6.44. The third-order valence-electron chi connectivity index (χ3n) is 4.79. The Bertz CT molecular complexity index is 721.